The van der Waals surface area contributed by atoms with Crippen LogP contribution < -0.4 is 27.0 Å². The van der Waals surface area contributed by atoms with Crippen molar-refractivity contribution in [3.63, 3.8) is 0 Å². The minimum Gasteiger partial charge on any atom is -0.382 e. The third-order valence-corrected chi connectivity index (χ3v) is 11.2. The molecule has 4 atom stereocenters. The number of rotatable bonds is 26. The zero-order valence-corrected chi connectivity index (χ0v) is 36.5. The van der Waals surface area contributed by atoms with Crippen LogP contribution in [0, 0.1) is 17.2 Å². The number of ether oxygens (including phenoxy) is 3. The third kappa shape index (κ3) is 17.6. The van der Waals surface area contributed by atoms with Crippen molar-refractivity contribution in [1.29, 1.82) is 5.26 Å². The molecule has 4 amide bonds. The molecule has 3 aromatic carbocycles. The van der Waals surface area contributed by atoms with Crippen LogP contribution in [0.5, 0.6) is 0 Å². The molecule has 0 heterocycles. The van der Waals surface area contributed by atoms with Crippen molar-refractivity contribution in [2.45, 2.75) is 68.5 Å². The standard InChI is InChI=1S/C43H55F3N6O11S/c1-28(2)23-36(52-40(56)37(53)35(48)24-29-7-5-4-6-8-29)39(55)50-16-18-62-20-22-63-21-19-61-17-15-49-38(54)30-10-13-33(14-11-30)64(59,60)27-42(3,58)41(57)51-32-12-9-31(26-47)34(25-32)43(44,45)46/h4-14,25,28,35-37,53,58H,15-24,27,48H2,1-3H3,(H,49,54)(H,50,55)(H,51,57)(H,52,56)/t35-,36+,37+,42?/m1/s1. The molecule has 21 heteroatoms. The van der Waals surface area contributed by atoms with Gasteiger partial charge >= 0.3 is 6.18 Å². The van der Waals surface area contributed by atoms with Gasteiger partial charge in [-0.2, -0.15) is 18.4 Å². The molecular weight excluding hydrogens is 866 g/mol. The van der Waals surface area contributed by atoms with E-state index in [4.69, 9.17) is 25.2 Å². The van der Waals surface area contributed by atoms with Crippen molar-refractivity contribution in [3.05, 3.63) is 95.1 Å². The van der Waals surface area contributed by atoms with E-state index in [2.05, 4.69) is 21.3 Å². The predicted octanol–water partition coefficient (Wildman–Crippen LogP) is 2.10. The van der Waals surface area contributed by atoms with E-state index >= 15 is 0 Å². The largest absolute Gasteiger partial charge is 0.417 e. The molecule has 17 nitrogen and oxygen atoms in total. The fraction of sp³-hybridized carbons (Fsp3) is 0.465. The van der Waals surface area contributed by atoms with Crippen molar-refractivity contribution in [2.24, 2.45) is 11.7 Å². The molecular formula is C43H55F3N6O11S. The number of halogens is 3. The number of nitrogens with zero attached hydrogens (tertiary/aromatic N) is 1. The summed E-state index contributed by atoms with van der Waals surface area (Å²) >= 11 is 0. The quantitative estimate of drug-likeness (QED) is 0.0570. The van der Waals surface area contributed by atoms with Crippen LogP contribution in [0.25, 0.3) is 0 Å². The van der Waals surface area contributed by atoms with Gasteiger partial charge in [-0.1, -0.05) is 44.2 Å². The lowest BCUT2D eigenvalue weighted by atomic mass is 10.00. The molecule has 0 saturated carbocycles. The Labute approximate surface area is 369 Å². The van der Waals surface area contributed by atoms with Crippen LogP contribution in [-0.4, -0.2) is 125 Å². The molecule has 64 heavy (non-hydrogen) atoms. The second-order valence-corrected chi connectivity index (χ2v) is 17.2. The van der Waals surface area contributed by atoms with Crippen LogP contribution in [0.3, 0.4) is 0 Å². The van der Waals surface area contributed by atoms with Gasteiger partial charge in [-0.25, -0.2) is 8.42 Å². The van der Waals surface area contributed by atoms with E-state index in [9.17, 15) is 51.0 Å². The van der Waals surface area contributed by atoms with Gasteiger partial charge in [0, 0.05) is 30.4 Å². The normalized spacial score (nSPS) is 14.1. The number of nitriles is 1. The number of hydrogen-bond donors (Lipinski definition) is 7. The Morgan fingerprint density at radius 1 is 0.844 bits per heavy atom. The Balaban J connectivity index is 1.28. The van der Waals surface area contributed by atoms with Gasteiger partial charge in [0.25, 0.3) is 17.7 Å². The summed E-state index contributed by atoms with van der Waals surface area (Å²) in [6, 6.07) is 15.9. The second kappa shape index (κ2) is 25.1. The fourth-order valence-corrected chi connectivity index (χ4v) is 7.54. The van der Waals surface area contributed by atoms with E-state index in [0.29, 0.717) is 12.5 Å². The number of carbonyl (C=O) groups is 4. The summed E-state index contributed by atoms with van der Waals surface area (Å²) in [7, 11) is -4.35. The highest BCUT2D eigenvalue weighted by Gasteiger charge is 2.38. The van der Waals surface area contributed by atoms with Crippen LogP contribution in [0.4, 0.5) is 18.9 Å². The number of carbonyl (C=O) groups excluding carboxylic acids is 4. The molecule has 350 valence electrons. The predicted molar refractivity (Wildman–Crippen MR) is 227 cm³/mol. The molecule has 0 fully saturated rings. The van der Waals surface area contributed by atoms with Crippen LogP contribution >= 0.6 is 0 Å². The number of amides is 4. The van der Waals surface area contributed by atoms with Gasteiger partial charge < -0.3 is 51.4 Å². The summed E-state index contributed by atoms with van der Waals surface area (Å²) in [5, 5.41) is 40.1. The number of nitrogens with one attached hydrogen (secondary N) is 4. The maximum atomic E-state index is 13.3. The highest BCUT2D eigenvalue weighted by Crippen LogP contribution is 2.34. The third-order valence-electron chi connectivity index (χ3n) is 9.29. The number of sulfone groups is 1. The van der Waals surface area contributed by atoms with E-state index < -0.39 is 86.0 Å². The molecule has 3 rings (SSSR count). The van der Waals surface area contributed by atoms with Gasteiger partial charge in [0.15, 0.2) is 15.4 Å². The van der Waals surface area contributed by atoms with Crippen molar-refractivity contribution in [2.75, 3.05) is 63.8 Å². The van der Waals surface area contributed by atoms with E-state index in [1.807, 2.05) is 44.2 Å². The SMILES string of the molecule is CC(C)C[C@H](NC(=O)[C@@H](O)[C@H](N)Cc1ccccc1)C(=O)NCCOCCOCCOCCNC(=O)c1ccc(S(=O)(=O)CC(C)(O)C(=O)Nc2ccc(C#N)c(C(F)(F)F)c2)cc1. The Hall–Kier alpha value is -5.47. The molecule has 0 aliphatic carbocycles. The molecule has 3 aromatic rings. The maximum absolute atomic E-state index is 13.3. The van der Waals surface area contributed by atoms with Gasteiger partial charge in [0.2, 0.25) is 5.91 Å². The summed E-state index contributed by atoms with van der Waals surface area (Å²) in [5.74, 6) is -4.06. The molecule has 0 bridgehead atoms. The topological polar surface area (TPSA) is 268 Å². The Morgan fingerprint density at radius 3 is 1.98 bits per heavy atom. The van der Waals surface area contributed by atoms with E-state index in [0.717, 1.165) is 36.8 Å². The number of aliphatic hydroxyl groups excluding tert-OH is 1. The first-order chi connectivity index (χ1) is 30.1. The summed E-state index contributed by atoms with van der Waals surface area (Å²) in [4.78, 5) is 50.5. The Kier molecular flexibility index (Phi) is 20.8. The number of nitrogens with two attached hydrogens (primary N) is 1. The molecule has 8 N–H and O–H groups in total. The number of alkyl halides is 3. The van der Waals surface area contributed by atoms with Gasteiger partial charge in [0.05, 0.1) is 67.5 Å². The highest BCUT2D eigenvalue weighted by atomic mass is 32.2. The van der Waals surface area contributed by atoms with Gasteiger partial charge in [-0.05, 0) is 73.7 Å². The molecule has 0 spiro atoms. The van der Waals surface area contributed by atoms with Gasteiger partial charge in [-0.15, -0.1) is 0 Å². The monoisotopic (exact) mass is 920 g/mol. The fourth-order valence-electron chi connectivity index (χ4n) is 5.95. The maximum Gasteiger partial charge on any atom is 0.417 e. The smallest absolute Gasteiger partial charge is 0.382 e. The van der Waals surface area contributed by atoms with E-state index in [-0.39, 0.29) is 75.5 Å². The number of hydrogen-bond acceptors (Lipinski definition) is 13. The minimum atomic E-state index is -4.91. The average molecular weight is 921 g/mol. The van der Waals surface area contributed by atoms with E-state index in [1.54, 1.807) is 0 Å². The minimum absolute atomic E-state index is 0.0759. The van der Waals surface area contributed by atoms with Crippen LogP contribution in [0.1, 0.15) is 54.2 Å². The number of benzene rings is 3. The summed E-state index contributed by atoms with van der Waals surface area (Å²) in [5.41, 5.74) is 2.02. The molecule has 0 saturated heterocycles. The average Bonchev–Trinajstić information content (AvgIpc) is 3.24. The lowest BCUT2D eigenvalue weighted by molar-refractivity contribution is -0.138. The zero-order valence-electron chi connectivity index (χ0n) is 35.7. The Bertz CT molecular complexity index is 2150. The lowest BCUT2D eigenvalue weighted by Crippen LogP contribution is -2.54. The van der Waals surface area contributed by atoms with Crippen molar-refractivity contribution >= 4 is 39.2 Å². The van der Waals surface area contributed by atoms with Crippen molar-refractivity contribution in [3.8, 4) is 6.07 Å². The highest BCUT2D eigenvalue weighted by molar-refractivity contribution is 7.91. The molecule has 0 aliphatic rings. The Morgan fingerprint density at radius 2 is 1.42 bits per heavy atom. The first-order valence-electron chi connectivity index (χ1n) is 20.2. The first kappa shape index (κ1) is 52.9. The summed E-state index contributed by atoms with van der Waals surface area (Å²) < 4.78 is 82.4. The molecule has 0 aliphatic heterocycles. The second-order valence-electron chi connectivity index (χ2n) is 15.3. The van der Waals surface area contributed by atoms with Crippen molar-refractivity contribution < 1.29 is 65.2 Å². The summed E-state index contributed by atoms with van der Waals surface area (Å²) in [6.07, 6.45) is -5.78. The number of anilines is 1. The van der Waals surface area contributed by atoms with Crippen LogP contribution in [0.2, 0.25) is 0 Å². The molecule has 0 radical (unpaired) electrons. The molecule has 0 aromatic heterocycles. The first-order valence-corrected chi connectivity index (χ1v) is 21.8. The van der Waals surface area contributed by atoms with Gasteiger partial charge in [0.1, 0.15) is 12.1 Å². The van der Waals surface area contributed by atoms with Gasteiger partial charge in [-0.3, -0.25) is 19.2 Å². The van der Waals surface area contributed by atoms with Crippen LogP contribution in [-0.2, 0) is 51.0 Å². The number of aliphatic hydroxyl groups is 2. The lowest BCUT2D eigenvalue weighted by Gasteiger charge is -2.24. The zero-order chi connectivity index (χ0) is 47.5. The van der Waals surface area contributed by atoms with E-state index in [1.165, 1.54) is 18.2 Å². The summed E-state index contributed by atoms with van der Waals surface area (Å²) in [6.45, 7) is 6.18. The molecule has 1 unspecified atom stereocenters. The van der Waals surface area contributed by atoms with Crippen LogP contribution in [0.15, 0.2) is 77.7 Å². The van der Waals surface area contributed by atoms with Crippen molar-refractivity contribution in [1.82, 2.24) is 16.0 Å².